The molecule has 0 aromatic heterocycles. The Bertz CT molecular complexity index is 537. The number of hydrogen-bond acceptors (Lipinski definition) is 3. The van der Waals surface area contributed by atoms with Gasteiger partial charge in [-0.25, -0.2) is 0 Å². The van der Waals surface area contributed by atoms with Gasteiger partial charge >= 0.3 is 5.97 Å². The molecule has 2 aliphatic heterocycles. The van der Waals surface area contributed by atoms with Crippen molar-refractivity contribution in [2.75, 3.05) is 0 Å². The summed E-state index contributed by atoms with van der Waals surface area (Å²) >= 11 is 0. The molecular weight excluding hydrogens is 300 g/mol. The summed E-state index contributed by atoms with van der Waals surface area (Å²) in [5, 5.41) is 0. The third-order valence-electron chi connectivity index (χ3n) is 8.85. The van der Waals surface area contributed by atoms with E-state index < -0.39 is 0 Å². The molecule has 0 amide bonds. The number of ether oxygens (including phenoxy) is 2. The van der Waals surface area contributed by atoms with Crippen LogP contribution in [0.1, 0.15) is 65.7 Å². The predicted molar refractivity (Wildman–Crippen MR) is 91.3 cm³/mol. The van der Waals surface area contributed by atoms with Gasteiger partial charge in [-0.1, -0.05) is 20.8 Å². The van der Waals surface area contributed by atoms with Crippen molar-refractivity contribution < 1.29 is 14.3 Å². The number of carbonyl (C=O) groups is 1. The van der Waals surface area contributed by atoms with Crippen LogP contribution < -0.4 is 0 Å². The van der Waals surface area contributed by atoms with Gasteiger partial charge in [0.15, 0.2) is 0 Å². The summed E-state index contributed by atoms with van der Waals surface area (Å²) in [5.74, 6) is 4.27. The smallest absolute Gasteiger partial charge is 0.309 e. The molecule has 9 unspecified atom stereocenters. The Balaban J connectivity index is 1.33. The summed E-state index contributed by atoms with van der Waals surface area (Å²) in [6, 6.07) is 0. The molecule has 0 aromatic carbocycles. The molecule has 5 fully saturated rings. The van der Waals surface area contributed by atoms with Crippen LogP contribution in [0.15, 0.2) is 0 Å². The quantitative estimate of drug-likeness (QED) is 0.727. The highest BCUT2D eigenvalue weighted by molar-refractivity contribution is 5.74. The van der Waals surface area contributed by atoms with Gasteiger partial charge < -0.3 is 9.47 Å². The molecule has 9 atom stereocenters. The first-order valence-corrected chi connectivity index (χ1v) is 10.4. The summed E-state index contributed by atoms with van der Waals surface area (Å²) in [7, 11) is 0. The maximum Gasteiger partial charge on any atom is 0.309 e. The fourth-order valence-electron chi connectivity index (χ4n) is 7.42. The summed E-state index contributed by atoms with van der Waals surface area (Å²) in [6.45, 7) is 6.91. The number of fused-ring (bicyclic) bond motifs is 9. The molecule has 3 aliphatic carbocycles. The van der Waals surface area contributed by atoms with Gasteiger partial charge in [-0.3, -0.25) is 4.79 Å². The Kier molecular flexibility index (Phi) is 3.41. The molecule has 5 rings (SSSR count). The highest BCUT2D eigenvalue weighted by Crippen LogP contribution is 2.66. The Morgan fingerprint density at radius 3 is 2.42 bits per heavy atom. The first kappa shape index (κ1) is 15.7. The average Bonchev–Trinajstić information content (AvgIpc) is 3.34. The second-order valence-corrected chi connectivity index (χ2v) is 9.60. The molecule has 2 heterocycles. The zero-order valence-corrected chi connectivity index (χ0v) is 15.4. The molecule has 3 heteroatoms. The lowest BCUT2D eigenvalue weighted by Crippen LogP contribution is -2.45. The molecule has 0 aromatic rings. The second-order valence-electron chi connectivity index (χ2n) is 9.60. The minimum absolute atomic E-state index is 0.133. The first-order chi connectivity index (χ1) is 11.5. The normalized spacial score (nSPS) is 53.5. The topological polar surface area (TPSA) is 35.5 Å². The molecule has 4 bridgehead atoms. The molecule has 0 N–H and O–H groups in total. The largest absolute Gasteiger partial charge is 0.459 e. The van der Waals surface area contributed by atoms with Gasteiger partial charge in [0.25, 0.3) is 0 Å². The molecule has 3 saturated carbocycles. The van der Waals surface area contributed by atoms with E-state index in [0.717, 1.165) is 31.6 Å². The molecule has 134 valence electrons. The van der Waals surface area contributed by atoms with E-state index in [4.69, 9.17) is 9.47 Å². The lowest BCUT2D eigenvalue weighted by atomic mass is 9.62. The average molecular weight is 332 g/mol. The zero-order chi connectivity index (χ0) is 16.6. The number of carbonyl (C=O) groups excluding carboxylic acids is 1. The van der Waals surface area contributed by atoms with Crippen molar-refractivity contribution in [3.63, 3.8) is 0 Å². The van der Waals surface area contributed by atoms with Gasteiger partial charge in [0.05, 0.1) is 18.1 Å². The summed E-state index contributed by atoms with van der Waals surface area (Å²) in [4.78, 5) is 13.0. The fourth-order valence-corrected chi connectivity index (χ4v) is 7.42. The molecule has 0 radical (unpaired) electrons. The van der Waals surface area contributed by atoms with Crippen molar-refractivity contribution in [3.8, 4) is 0 Å². The number of rotatable bonds is 3. The van der Waals surface area contributed by atoms with E-state index in [-0.39, 0.29) is 17.5 Å². The highest BCUT2D eigenvalue weighted by atomic mass is 16.6. The van der Waals surface area contributed by atoms with E-state index in [9.17, 15) is 4.79 Å². The second kappa shape index (κ2) is 5.22. The van der Waals surface area contributed by atoms with Gasteiger partial charge in [0.2, 0.25) is 0 Å². The molecule has 3 nitrogen and oxygen atoms in total. The highest BCUT2D eigenvalue weighted by Gasteiger charge is 2.68. The van der Waals surface area contributed by atoms with Crippen molar-refractivity contribution in [2.24, 2.45) is 41.4 Å². The SMILES string of the molecule is CCC1(OC(=O)C2CC3CC2C2C4OC(C(C)C4C)C32)CCCC1. The lowest BCUT2D eigenvalue weighted by Gasteiger charge is -2.40. The van der Waals surface area contributed by atoms with Crippen molar-refractivity contribution >= 4 is 5.97 Å². The first-order valence-electron chi connectivity index (χ1n) is 10.4. The lowest BCUT2D eigenvalue weighted by molar-refractivity contribution is -0.168. The third kappa shape index (κ3) is 1.91. The molecule has 24 heavy (non-hydrogen) atoms. The van der Waals surface area contributed by atoms with E-state index in [2.05, 4.69) is 20.8 Å². The van der Waals surface area contributed by atoms with E-state index in [1.807, 2.05) is 0 Å². The van der Waals surface area contributed by atoms with Crippen LogP contribution in [0.3, 0.4) is 0 Å². The Hall–Kier alpha value is -0.570. The van der Waals surface area contributed by atoms with Crippen molar-refractivity contribution in [1.29, 1.82) is 0 Å². The van der Waals surface area contributed by atoms with Gasteiger partial charge in [0, 0.05) is 0 Å². The predicted octanol–water partition coefficient (Wildman–Crippen LogP) is 4.19. The fraction of sp³-hybridized carbons (Fsp3) is 0.952. The maximum absolute atomic E-state index is 13.0. The minimum Gasteiger partial charge on any atom is -0.459 e. The van der Waals surface area contributed by atoms with E-state index in [0.29, 0.717) is 41.8 Å². The van der Waals surface area contributed by atoms with Gasteiger partial charge in [-0.2, -0.15) is 0 Å². The summed E-state index contributed by atoms with van der Waals surface area (Å²) < 4.78 is 12.6. The van der Waals surface area contributed by atoms with Gasteiger partial charge in [-0.15, -0.1) is 0 Å². The van der Waals surface area contributed by atoms with Crippen molar-refractivity contribution in [2.45, 2.75) is 83.5 Å². The van der Waals surface area contributed by atoms with E-state index in [1.165, 1.54) is 19.3 Å². The van der Waals surface area contributed by atoms with Crippen molar-refractivity contribution in [3.05, 3.63) is 0 Å². The Morgan fingerprint density at radius 1 is 1.08 bits per heavy atom. The monoisotopic (exact) mass is 332 g/mol. The van der Waals surface area contributed by atoms with Crippen LogP contribution in [0.2, 0.25) is 0 Å². The van der Waals surface area contributed by atoms with E-state index in [1.54, 1.807) is 0 Å². The molecule has 5 aliphatic rings. The number of esters is 1. The Morgan fingerprint density at radius 2 is 1.75 bits per heavy atom. The van der Waals surface area contributed by atoms with Crippen LogP contribution >= 0.6 is 0 Å². The minimum atomic E-state index is -0.134. The van der Waals surface area contributed by atoms with Gasteiger partial charge in [0.1, 0.15) is 5.60 Å². The maximum atomic E-state index is 13.0. The third-order valence-corrected chi connectivity index (χ3v) is 8.85. The van der Waals surface area contributed by atoms with Crippen LogP contribution in [0, 0.1) is 41.4 Å². The van der Waals surface area contributed by atoms with Gasteiger partial charge in [-0.05, 0) is 80.5 Å². The molecular formula is C21H32O3. The zero-order valence-electron chi connectivity index (χ0n) is 15.4. The van der Waals surface area contributed by atoms with Crippen LogP contribution in [-0.4, -0.2) is 23.8 Å². The molecule has 2 saturated heterocycles. The van der Waals surface area contributed by atoms with Crippen molar-refractivity contribution in [1.82, 2.24) is 0 Å². The van der Waals surface area contributed by atoms with Crippen LogP contribution in [-0.2, 0) is 14.3 Å². The number of hydrogen-bond donors (Lipinski definition) is 0. The van der Waals surface area contributed by atoms with E-state index >= 15 is 0 Å². The Labute approximate surface area is 145 Å². The van der Waals surface area contributed by atoms with Crippen LogP contribution in [0.25, 0.3) is 0 Å². The van der Waals surface area contributed by atoms with Crippen LogP contribution in [0.5, 0.6) is 0 Å². The summed E-state index contributed by atoms with van der Waals surface area (Å²) in [6.07, 6.45) is 8.77. The van der Waals surface area contributed by atoms with Crippen LogP contribution in [0.4, 0.5) is 0 Å². The summed E-state index contributed by atoms with van der Waals surface area (Å²) in [5.41, 5.74) is -0.134. The molecule has 0 spiro atoms. The standard InChI is InChI=1S/C21H32O3/c1-4-21(7-5-6-8-21)24-20(22)15-10-13-9-14(15)17-16(13)18-11(2)12(3)19(17)23-18/h11-19H,4-10H2,1-3H3.